The number of alkyl halides is 12. The molecular weight excluding hydrogens is 1750 g/mol. The second-order valence-corrected chi connectivity index (χ2v) is 33.1. The van der Waals surface area contributed by atoms with Crippen LogP contribution in [0.4, 0.5) is 116 Å². The molecule has 4 heterocycles. The van der Waals surface area contributed by atoms with Crippen molar-refractivity contribution in [3.63, 3.8) is 0 Å². The predicted molar refractivity (Wildman–Crippen MR) is 462 cm³/mol. The number of aromatic nitrogens is 4. The molecular formula is C93H110F16N12O10. The van der Waals surface area contributed by atoms with Gasteiger partial charge < -0.3 is 68.1 Å². The van der Waals surface area contributed by atoms with E-state index in [4.69, 9.17) is 49.5 Å². The summed E-state index contributed by atoms with van der Waals surface area (Å²) in [6.45, 7) is 5.82. The Balaban J connectivity index is 0.000000204. The summed E-state index contributed by atoms with van der Waals surface area (Å²) in [5.74, 6) is 1.78. The largest absolute Gasteiger partial charge is 0.483 e. The Hall–Kier alpha value is -11.2. The third-order valence-electron chi connectivity index (χ3n) is 23.2. The molecule has 8 fully saturated rings. The first-order valence-electron chi connectivity index (χ1n) is 43.4. The van der Waals surface area contributed by atoms with Crippen LogP contribution in [-0.4, -0.2) is 104 Å². The normalized spacial score (nSPS) is 16.1. The van der Waals surface area contributed by atoms with Gasteiger partial charge >= 0.3 is 24.7 Å². The van der Waals surface area contributed by atoms with Gasteiger partial charge in [-0.1, -0.05) is 51.4 Å². The minimum absolute atomic E-state index is 0.167. The first-order valence-corrected chi connectivity index (χ1v) is 43.4. The van der Waals surface area contributed by atoms with Gasteiger partial charge in [-0.25, -0.2) is 37.5 Å². The SMILES string of the molecule is Fc1ccc(Nc2cc(C3CC3)c(CNCC3CCCC3)cn2)cc1C(F)(F)F.Fc1ccc(Nc2cc(C3CC3)c(CNCC3CCCC3)cn2)cc1C(F)(F)F.Fc1ccc(Nc2cc(C3CC3)c(CNCC3CCCC3)cn2)cc1C(F)(F)F.Fc1ccc(Nc2cc(C3CC3)c(CNCC3CCCC3)cn2)cc1C(F)(F)F.O=CO.O=CO.O=CO.O=CO.O=CO. The number of rotatable bonds is 28. The molecule has 0 amide bonds. The smallest absolute Gasteiger partial charge is 0.419 e. The van der Waals surface area contributed by atoms with Gasteiger partial charge in [0.25, 0.3) is 32.4 Å². The average Bonchev–Trinajstić information content (AvgIpc) is 1.53. The number of benzene rings is 4. The van der Waals surface area contributed by atoms with Crippen molar-refractivity contribution in [2.24, 2.45) is 23.7 Å². The van der Waals surface area contributed by atoms with Gasteiger partial charge in [-0.05, 0) is 318 Å². The summed E-state index contributed by atoms with van der Waals surface area (Å²) in [5, 5.41) is 60.2. The molecule has 8 aromatic rings. The van der Waals surface area contributed by atoms with Crippen molar-refractivity contribution in [1.82, 2.24) is 41.2 Å². The Bertz CT molecular complexity index is 4290. The number of anilines is 8. The lowest BCUT2D eigenvalue weighted by Crippen LogP contribution is -2.21. The highest BCUT2D eigenvalue weighted by Gasteiger charge is 2.39. The van der Waals surface area contributed by atoms with Gasteiger partial charge in [0.05, 0.1) is 22.3 Å². The first kappa shape index (κ1) is 105. The Kier molecular flexibility index (Phi) is 41.8. The van der Waals surface area contributed by atoms with Gasteiger partial charge in [-0.2, -0.15) is 52.7 Å². The summed E-state index contributed by atoms with van der Waals surface area (Å²) >= 11 is 0. The van der Waals surface area contributed by atoms with Gasteiger partial charge in [0.15, 0.2) is 0 Å². The van der Waals surface area contributed by atoms with E-state index in [1.807, 2.05) is 24.3 Å². The van der Waals surface area contributed by atoms with E-state index in [2.05, 4.69) is 62.5 Å². The standard InChI is InChI=1S/4C22H25F4N3.5CH2O2/c4*23-20-8-7-17(9-19(20)22(24,25)26)29-21-10-18(15-5-6-15)16(13-28-21)12-27-11-14-3-1-2-4-14;5*2-1-3/h4*7-10,13-15,27H,1-6,11-12H2,(H,28,29);5*1H,(H,2,3). The third kappa shape index (κ3) is 35.8. The lowest BCUT2D eigenvalue weighted by molar-refractivity contribution is -0.140. The number of hydrogen-bond donors (Lipinski definition) is 13. The van der Waals surface area contributed by atoms with Crippen LogP contribution >= 0.6 is 0 Å². The maximum absolute atomic E-state index is 13.5. The predicted octanol–water partition coefficient (Wildman–Crippen LogP) is 23.1. The number of nitrogens with one attached hydrogen (secondary N) is 8. The molecule has 0 unspecified atom stereocenters. The van der Waals surface area contributed by atoms with E-state index in [1.54, 1.807) is 24.8 Å². The molecule has 714 valence electrons. The van der Waals surface area contributed by atoms with Gasteiger partial charge in [-0.15, -0.1) is 0 Å². The summed E-state index contributed by atoms with van der Waals surface area (Å²) in [7, 11) is 0. The van der Waals surface area contributed by atoms with Gasteiger partial charge in [0.2, 0.25) is 0 Å². The van der Waals surface area contributed by atoms with Gasteiger partial charge in [0, 0.05) is 73.7 Å². The van der Waals surface area contributed by atoms with Crippen LogP contribution in [0.1, 0.15) is 245 Å². The van der Waals surface area contributed by atoms with E-state index >= 15 is 0 Å². The molecule has 0 atom stereocenters. The van der Waals surface area contributed by atoms with Crippen LogP contribution < -0.4 is 42.5 Å². The second-order valence-electron chi connectivity index (χ2n) is 33.1. The quantitative estimate of drug-likeness (QED) is 0.0160. The Morgan fingerprint density at radius 1 is 0.275 bits per heavy atom. The molecule has 0 radical (unpaired) electrons. The Morgan fingerprint density at radius 3 is 0.595 bits per heavy atom. The monoisotopic (exact) mass is 1860 g/mol. The summed E-state index contributed by atoms with van der Waals surface area (Å²) in [6.07, 6.45) is 18.1. The van der Waals surface area contributed by atoms with E-state index in [0.29, 0.717) is 46.9 Å². The van der Waals surface area contributed by atoms with Crippen LogP contribution in [0.25, 0.3) is 0 Å². The highest BCUT2D eigenvalue weighted by atomic mass is 19.4. The molecule has 0 spiro atoms. The average molecular weight is 1860 g/mol. The van der Waals surface area contributed by atoms with Gasteiger partial charge in [-0.3, -0.25) is 24.0 Å². The molecule has 22 nitrogen and oxygen atoms in total. The van der Waals surface area contributed by atoms with E-state index in [0.717, 1.165) is 198 Å². The molecule has 0 aliphatic heterocycles. The molecule has 8 saturated carbocycles. The zero-order valence-electron chi connectivity index (χ0n) is 71.8. The van der Waals surface area contributed by atoms with Crippen LogP contribution in [-0.2, 0) is 74.9 Å². The highest BCUT2D eigenvalue weighted by Crippen LogP contribution is 2.48. The van der Waals surface area contributed by atoms with Crippen LogP contribution in [0.3, 0.4) is 0 Å². The lowest BCUT2D eigenvalue weighted by Gasteiger charge is -2.15. The van der Waals surface area contributed by atoms with Crippen molar-refractivity contribution in [1.29, 1.82) is 0 Å². The maximum atomic E-state index is 13.5. The summed E-state index contributed by atoms with van der Waals surface area (Å²) < 4.78 is 209. The highest BCUT2D eigenvalue weighted by molar-refractivity contribution is 5.63. The fourth-order valence-electron chi connectivity index (χ4n) is 16.3. The van der Waals surface area contributed by atoms with Crippen molar-refractivity contribution in [2.45, 2.75) is 229 Å². The molecule has 4 aromatic heterocycles. The molecule has 0 saturated heterocycles. The number of carboxylic acid groups (broad SMARTS) is 5. The van der Waals surface area contributed by atoms with Crippen molar-refractivity contribution >= 4 is 78.4 Å². The fourth-order valence-corrected chi connectivity index (χ4v) is 16.3. The van der Waals surface area contributed by atoms with Crippen molar-refractivity contribution in [3.8, 4) is 0 Å². The summed E-state index contributed by atoms with van der Waals surface area (Å²) in [5.41, 5.74) is 4.90. The number of halogens is 16. The Morgan fingerprint density at radius 2 is 0.443 bits per heavy atom. The van der Waals surface area contributed by atoms with Crippen LogP contribution in [0.2, 0.25) is 0 Å². The second kappa shape index (κ2) is 52.1. The Labute approximate surface area is 747 Å². The summed E-state index contributed by atoms with van der Waals surface area (Å²) in [4.78, 5) is 59.3. The van der Waals surface area contributed by atoms with E-state index in [1.165, 1.54) is 149 Å². The van der Waals surface area contributed by atoms with Crippen molar-refractivity contribution in [3.05, 3.63) is 212 Å². The zero-order valence-corrected chi connectivity index (χ0v) is 71.8. The minimum atomic E-state index is -4.73. The molecule has 16 rings (SSSR count). The maximum Gasteiger partial charge on any atom is 0.419 e. The lowest BCUT2D eigenvalue weighted by atomic mass is 10.0. The molecule has 13 N–H and O–H groups in total. The molecule has 8 aliphatic rings. The van der Waals surface area contributed by atoms with Crippen molar-refractivity contribution < 1.29 is 120 Å². The van der Waals surface area contributed by atoms with E-state index < -0.39 is 70.2 Å². The number of nitrogens with zero attached hydrogens (tertiary/aromatic N) is 4. The van der Waals surface area contributed by atoms with Crippen molar-refractivity contribution in [2.75, 3.05) is 47.4 Å². The molecule has 4 aromatic carbocycles. The number of hydrogen-bond acceptors (Lipinski definition) is 17. The topological polar surface area (TPSA) is 334 Å². The third-order valence-corrected chi connectivity index (χ3v) is 23.2. The minimum Gasteiger partial charge on any atom is -0.483 e. The van der Waals surface area contributed by atoms with Crippen LogP contribution in [0.5, 0.6) is 0 Å². The van der Waals surface area contributed by atoms with E-state index in [9.17, 15) is 70.2 Å². The van der Waals surface area contributed by atoms with E-state index in [-0.39, 0.29) is 55.1 Å². The summed E-state index contributed by atoms with van der Waals surface area (Å²) in [6, 6.07) is 19.3. The molecule has 0 bridgehead atoms. The van der Waals surface area contributed by atoms with Crippen LogP contribution in [0, 0.1) is 46.9 Å². The zero-order chi connectivity index (χ0) is 95.3. The molecule has 8 aliphatic carbocycles. The van der Waals surface area contributed by atoms with Crippen LogP contribution in [0.15, 0.2) is 122 Å². The van der Waals surface area contributed by atoms with Gasteiger partial charge in [0.1, 0.15) is 46.5 Å². The molecule has 131 heavy (non-hydrogen) atoms. The fraction of sp³-hybridized carbons (Fsp3) is 0.473. The number of pyridine rings is 4. The molecule has 38 heteroatoms. The number of carbonyl (C=O) groups is 5. The first-order chi connectivity index (χ1) is 62.7.